The Morgan fingerprint density at radius 1 is 1.59 bits per heavy atom. The first-order valence-electron chi connectivity index (χ1n) is 5.26. The van der Waals surface area contributed by atoms with Crippen LogP contribution < -0.4 is 10.5 Å². The summed E-state index contributed by atoms with van der Waals surface area (Å²) in [4.78, 5) is 0.170. The van der Waals surface area contributed by atoms with E-state index in [9.17, 15) is 8.42 Å². The summed E-state index contributed by atoms with van der Waals surface area (Å²) in [6, 6.07) is 0. The van der Waals surface area contributed by atoms with Gasteiger partial charge in [-0.25, -0.2) is 13.1 Å². The van der Waals surface area contributed by atoms with Crippen LogP contribution in [-0.2, 0) is 10.0 Å². The van der Waals surface area contributed by atoms with E-state index in [1.807, 2.05) is 0 Å². The molecule has 1 aromatic rings. The van der Waals surface area contributed by atoms with Crippen molar-refractivity contribution in [3.63, 3.8) is 0 Å². The van der Waals surface area contributed by atoms with Crippen molar-refractivity contribution in [2.75, 3.05) is 6.54 Å². The molecule has 7 nitrogen and oxygen atoms in total. The Kier molecular flexibility index (Phi) is 4.64. The predicted octanol–water partition coefficient (Wildman–Crippen LogP) is 0.103. The van der Waals surface area contributed by atoms with Gasteiger partial charge in [0.15, 0.2) is 0 Å². The Morgan fingerprint density at radius 3 is 2.82 bits per heavy atom. The summed E-state index contributed by atoms with van der Waals surface area (Å²) in [5.41, 5.74) is 5.70. The minimum absolute atomic E-state index is 0.124. The lowest BCUT2D eigenvalue weighted by atomic mass is 10.2. The molecule has 0 amide bonds. The van der Waals surface area contributed by atoms with Gasteiger partial charge in [-0.15, -0.1) is 0 Å². The van der Waals surface area contributed by atoms with E-state index in [0.717, 1.165) is 0 Å². The van der Waals surface area contributed by atoms with Crippen LogP contribution >= 0.6 is 0 Å². The molecule has 1 rings (SSSR count). The number of hydrogen-bond acceptors (Lipinski definition) is 4. The monoisotopic (exact) mass is 259 g/mol. The quantitative estimate of drug-likeness (QED) is 0.315. The summed E-state index contributed by atoms with van der Waals surface area (Å²) in [5.74, 6) is 0.124. The van der Waals surface area contributed by atoms with Gasteiger partial charge in [0, 0.05) is 13.0 Å². The average molecular weight is 259 g/mol. The van der Waals surface area contributed by atoms with Crippen LogP contribution in [0.4, 0.5) is 0 Å². The molecule has 0 spiro atoms. The number of aromatic nitrogens is 2. The van der Waals surface area contributed by atoms with Crippen molar-refractivity contribution in [1.82, 2.24) is 14.9 Å². The molecule has 0 aromatic carbocycles. The summed E-state index contributed by atoms with van der Waals surface area (Å²) < 4.78 is 26.0. The first-order valence-corrected chi connectivity index (χ1v) is 6.74. The van der Waals surface area contributed by atoms with Crippen LogP contribution in [-0.4, -0.2) is 31.0 Å². The van der Waals surface area contributed by atoms with Crippen LogP contribution in [0.1, 0.15) is 25.0 Å². The molecule has 0 bridgehead atoms. The van der Waals surface area contributed by atoms with Gasteiger partial charge in [-0.05, 0) is 19.8 Å². The zero-order valence-electron chi connectivity index (χ0n) is 9.66. The topological polar surface area (TPSA) is 125 Å². The van der Waals surface area contributed by atoms with Gasteiger partial charge in [-0.1, -0.05) is 0 Å². The Bertz CT molecular complexity index is 479. The lowest BCUT2D eigenvalue weighted by molar-refractivity contribution is 0.577. The van der Waals surface area contributed by atoms with Crippen LogP contribution in [0, 0.1) is 12.3 Å². The zero-order valence-corrected chi connectivity index (χ0v) is 10.5. The number of nitrogens with one attached hydrogen (secondary N) is 3. The van der Waals surface area contributed by atoms with Crippen molar-refractivity contribution in [1.29, 1.82) is 5.41 Å². The van der Waals surface area contributed by atoms with E-state index in [4.69, 9.17) is 11.1 Å². The van der Waals surface area contributed by atoms with Crippen molar-refractivity contribution in [3.05, 3.63) is 11.9 Å². The van der Waals surface area contributed by atoms with Crippen LogP contribution in [0.5, 0.6) is 0 Å². The van der Waals surface area contributed by atoms with E-state index < -0.39 is 10.0 Å². The van der Waals surface area contributed by atoms with Crippen LogP contribution in [0.3, 0.4) is 0 Å². The highest BCUT2D eigenvalue weighted by Crippen LogP contribution is 2.10. The molecular formula is C9H17N5O2S. The Hall–Kier alpha value is -1.41. The van der Waals surface area contributed by atoms with Crippen LogP contribution in [0.25, 0.3) is 0 Å². The van der Waals surface area contributed by atoms with Crippen molar-refractivity contribution >= 4 is 15.9 Å². The molecule has 0 saturated heterocycles. The fourth-order valence-electron chi connectivity index (χ4n) is 1.34. The fraction of sp³-hybridized carbons (Fsp3) is 0.556. The zero-order chi connectivity index (χ0) is 12.9. The lowest BCUT2D eigenvalue weighted by Crippen LogP contribution is -2.25. The molecule has 0 unspecified atom stereocenters. The molecule has 96 valence electrons. The molecular weight excluding hydrogens is 242 g/mol. The molecule has 17 heavy (non-hydrogen) atoms. The maximum Gasteiger partial charge on any atom is 0.243 e. The summed E-state index contributed by atoms with van der Waals surface area (Å²) >= 11 is 0. The first-order chi connectivity index (χ1) is 7.93. The second-order valence-corrected chi connectivity index (χ2v) is 5.47. The van der Waals surface area contributed by atoms with Gasteiger partial charge >= 0.3 is 0 Å². The highest BCUT2D eigenvalue weighted by molar-refractivity contribution is 7.89. The van der Waals surface area contributed by atoms with Crippen LogP contribution in [0.2, 0.25) is 0 Å². The van der Waals surface area contributed by atoms with E-state index in [1.165, 1.54) is 6.20 Å². The van der Waals surface area contributed by atoms with Crippen molar-refractivity contribution in [2.24, 2.45) is 5.73 Å². The smallest absolute Gasteiger partial charge is 0.243 e. The second kappa shape index (κ2) is 5.78. The number of H-pyrrole nitrogens is 1. The largest absolute Gasteiger partial charge is 0.388 e. The molecule has 0 fully saturated rings. The number of aryl methyl sites for hydroxylation is 1. The third kappa shape index (κ3) is 4.16. The molecule has 0 aliphatic heterocycles. The maximum atomic E-state index is 11.8. The van der Waals surface area contributed by atoms with Gasteiger partial charge in [0.25, 0.3) is 0 Å². The maximum absolute atomic E-state index is 11.8. The van der Waals surface area contributed by atoms with Crippen molar-refractivity contribution < 1.29 is 8.42 Å². The van der Waals surface area contributed by atoms with Crippen molar-refractivity contribution in [2.45, 2.75) is 31.1 Å². The van der Waals surface area contributed by atoms with E-state index in [1.54, 1.807) is 6.92 Å². The molecule has 0 aliphatic rings. The summed E-state index contributed by atoms with van der Waals surface area (Å²) in [6.45, 7) is 1.98. The molecule has 0 radical (unpaired) electrons. The highest BCUT2D eigenvalue weighted by atomic mass is 32.2. The van der Waals surface area contributed by atoms with E-state index >= 15 is 0 Å². The van der Waals surface area contributed by atoms with Crippen LogP contribution in [0.15, 0.2) is 11.1 Å². The molecule has 1 heterocycles. The first kappa shape index (κ1) is 13.7. The summed E-state index contributed by atoms with van der Waals surface area (Å²) in [7, 11) is -3.48. The number of hydrogen-bond donors (Lipinski definition) is 4. The highest BCUT2D eigenvalue weighted by Gasteiger charge is 2.17. The normalized spacial score (nSPS) is 11.6. The molecule has 0 saturated carbocycles. The standard InChI is InChI=1S/C9H17N5O2S/c1-7-8(6-12-14-7)17(15,16)13-5-3-2-4-9(10)11/h6,13H,2-5H2,1H3,(H3,10,11)(H,12,14). The van der Waals surface area contributed by atoms with Gasteiger partial charge in [-0.2, -0.15) is 5.10 Å². The van der Waals surface area contributed by atoms with E-state index in [-0.39, 0.29) is 10.7 Å². The van der Waals surface area contributed by atoms with Gasteiger partial charge < -0.3 is 5.73 Å². The Balaban J connectivity index is 2.41. The van der Waals surface area contributed by atoms with E-state index in [2.05, 4.69) is 14.9 Å². The molecule has 1 aromatic heterocycles. The van der Waals surface area contributed by atoms with Gasteiger partial charge in [0.05, 0.1) is 17.7 Å². The van der Waals surface area contributed by atoms with Gasteiger partial charge in [0.1, 0.15) is 4.90 Å². The van der Waals surface area contributed by atoms with Gasteiger partial charge in [-0.3, -0.25) is 10.5 Å². The SMILES string of the molecule is Cc1[nH]ncc1S(=O)(=O)NCCCCC(=N)N. The number of nitrogens with two attached hydrogens (primary N) is 1. The average Bonchev–Trinajstić information content (AvgIpc) is 2.64. The Morgan fingerprint density at radius 2 is 2.29 bits per heavy atom. The third-order valence-corrected chi connectivity index (χ3v) is 3.81. The van der Waals surface area contributed by atoms with Crippen molar-refractivity contribution in [3.8, 4) is 0 Å². The van der Waals surface area contributed by atoms with E-state index in [0.29, 0.717) is 31.5 Å². The predicted molar refractivity (Wildman–Crippen MR) is 64.3 cm³/mol. The second-order valence-electron chi connectivity index (χ2n) is 3.74. The minimum atomic E-state index is -3.48. The molecule has 5 N–H and O–H groups in total. The number of amidine groups is 1. The summed E-state index contributed by atoms with van der Waals surface area (Å²) in [5, 5.41) is 13.3. The Labute approximate surface area is 100 Å². The summed E-state index contributed by atoms with van der Waals surface area (Å²) in [6.07, 6.45) is 3.12. The fourth-order valence-corrected chi connectivity index (χ4v) is 2.54. The molecule has 0 atom stereocenters. The number of aromatic amines is 1. The molecule has 0 aliphatic carbocycles. The molecule has 8 heteroatoms. The van der Waals surface area contributed by atoms with Gasteiger partial charge in [0.2, 0.25) is 10.0 Å². The number of rotatable bonds is 7. The number of unbranched alkanes of at least 4 members (excludes halogenated alkanes) is 1. The number of sulfonamides is 1. The lowest BCUT2D eigenvalue weighted by Gasteiger charge is -2.05. The number of nitrogens with zero attached hydrogens (tertiary/aromatic N) is 1. The third-order valence-electron chi connectivity index (χ3n) is 2.24. The minimum Gasteiger partial charge on any atom is -0.388 e.